The van der Waals surface area contributed by atoms with E-state index in [0.29, 0.717) is 5.41 Å². The minimum atomic E-state index is 0.637. The lowest BCUT2D eigenvalue weighted by Crippen LogP contribution is -2.43. The SMILES string of the molecule is CCCCCCCCCC(NCC)C1(CC)CCCC1. The molecule has 1 fully saturated rings. The summed E-state index contributed by atoms with van der Waals surface area (Å²) in [4.78, 5) is 0. The molecule has 1 heteroatoms. The van der Waals surface area contributed by atoms with Crippen molar-refractivity contribution < 1.29 is 0 Å². The molecule has 1 atom stereocenters. The summed E-state index contributed by atoms with van der Waals surface area (Å²) in [6.45, 7) is 8.13. The van der Waals surface area contributed by atoms with Crippen molar-refractivity contribution in [3.63, 3.8) is 0 Å². The molecule has 120 valence electrons. The quantitative estimate of drug-likeness (QED) is 0.428. The number of unbranched alkanes of at least 4 members (excludes halogenated alkanes) is 6. The molecular weight excluding hydrogens is 242 g/mol. The second kappa shape index (κ2) is 10.7. The third-order valence-corrected chi connectivity index (χ3v) is 5.59. The first kappa shape index (κ1) is 18.0. The molecule has 1 aliphatic rings. The van der Waals surface area contributed by atoms with E-state index in [4.69, 9.17) is 0 Å². The molecule has 1 aliphatic carbocycles. The van der Waals surface area contributed by atoms with Crippen molar-refractivity contribution in [2.24, 2.45) is 5.41 Å². The van der Waals surface area contributed by atoms with Gasteiger partial charge in [0, 0.05) is 6.04 Å². The van der Waals surface area contributed by atoms with Crippen molar-refractivity contribution in [1.82, 2.24) is 5.32 Å². The molecule has 0 aromatic rings. The lowest BCUT2D eigenvalue weighted by molar-refractivity contribution is 0.175. The highest BCUT2D eigenvalue weighted by Crippen LogP contribution is 2.45. The minimum Gasteiger partial charge on any atom is -0.314 e. The Balaban J connectivity index is 2.25. The molecule has 0 spiro atoms. The van der Waals surface area contributed by atoms with Gasteiger partial charge >= 0.3 is 0 Å². The summed E-state index contributed by atoms with van der Waals surface area (Å²) >= 11 is 0. The van der Waals surface area contributed by atoms with Gasteiger partial charge in [0.2, 0.25) is 0 Å². The van der Waals surface area contributed by atoms with E-state index in [0.717, 1.165) is 12.6 Å². The Morgan fingerprint density at radius 2 is 1.45 bits per heavy atom. The summed E-state index contributed by atoms with van der Waals surface area (Å²) in [6, 6.07) is 0.788. The molecule has 1 rings (SSSR count). The maximum atomic E-state index is 3.83. The first-order valence-corrected chi connectivity index (χ1v) is 9.52. The summed E-state index contributed by atoms with van der Waals surface area (Å²) in [5, 5.41) is 3.83. The Morgan fingerprint density at radius 1 is 0.850 bits per heavy atom. The molecular formula is C19H39N. The van der Waals surface area contributed by atoms with Crippen LogP contribution in [-0.2, 0) is 0 Å². The Hall–Kier alpha value is -0.0400. The minimum absolute atomic E-state index is 0.637. The maximum Gasteiger partial charge on any atom is 0.0123 e. The zero-order valence-electron chi connectivity index (χ0n) is 14.5. The topological polar surface area (TPSA) is 12.0 Å². The third kappa shape index (κ3) is 5.76. The number of nitrogens with one attached hydrogen (secondary N) is 1. The van der Waals surface area contributed by atoms with Crippen LogP contribution in [0.3, 0.4) is 0 Å². The van der Waals surface area contributed by atoms with Crippen LogP contribution in [0.2, 0.25) is 0 Å². The second-order valence-corrected chi connectivity index (χ2v) is 6.94. The highest BCUT2D eigenvalue weighted by molar-refractivity contribution is 4.93. The lowest BCUT2D eigenvalue weighted by atomic mass is 9.74. The first-order valence-electron chi connectivity index (χ1n) is 9.52. The average molecular weight is 282 g/mol. The Labute approximate surface area is 128 Å². The fourth-order valence-electron chi connectivity index (χ4n) is 4.20. The van der Waals surface area contributed by atoms with E-state index in [9.17, 15) is 0 Å². The van der Waals surface area contributed by atoms with Gasteiger partial charge in [-0.2, -0.15) is 0 Å². The Bertz CT molecular complexity index is 218. The maximum absolute atomic E-state index is 3.83. The van der Waals surface area contributed by atoms with Crippen molar-refractivity contribution in [3.8, 4) is 0 Å². The molecule has 0 saturated heterocycles. The summed E-state index contributed by atoms with van der Waals surface area (Å²) in [5.41, 5.74) is 0.637. The molecule has 0 aromatic heterocycles. The highest BCUT2D eigenvalue weighted by atomic mass is 14.9. The van der Waals surface area contributed by atoms with E-state index in [1.807, 2.05) is 0 Å². The predicted molar refractivity (Wildman–Crippen MR) is 91.3 cm³/mol. The van der Waals surface area contributed by atoms with Crippen LogP contribution in [0, 0.1) is 5.41 Å². The van der Waals surface area contributed by atoms with E-state index in [1.54, 1.807) is 0 Å². The van der Waals surface area contributed by atoms with Gasteiger partial charge in [-0.3, -0.25) is 0 Å². The molecule has 1 N–H and O–H groups in total. The van der Waals surface area contributed by atoms with E-state index >= 15 is 0 Å². The van der Waals surface area contributed by atoms with Gasteiger partial charge in [-0.25, -0.2) is 0 Å². The number of hydrogen-bond donors (Lipinski definition) is 1. The fourth-order valence-corrected chi connectivity index (χ4v) is 4.20. The number of rotatable bonds is 12. The van der Waals surface area contributed by atoms with Crippen LogP contribution in [0.4, 0.5) is 0 Å². The van der Waals surface area contributed by atoms with Crippen molar-refractivity contribution >= 4 is 0 Å². The van der Waals surface area contributed by atoms with Gasteiger partial charge in [0.15, 0.2) is 0 Å². The summed E-state index contributed by atoms with van der Waals surface area (Å²) in [7, 11) is 0. The van der Waals surface area contributed by atoms with Crippen LogP contribution >= 0.6 is 0 Å². The van der Waals surface area contributed by atoms with Crippen LogP contribution in [0.1, 0.15) is 104 Å². The highest BCUT2D eigenvalue weighted by Gasteiger charge is 2.38. The second-order valence-electron chi connectivity index (χ2n) is 6.94. The van der Waals surface area contributed by atoms with Crippen LogP contribution in [0.15, 0.2) is 0 Å². The zero-order valence-corrected chi connectivity index (χ0v) is 14.5. The van der Waals surface area contributed by atoms with E-state index in [1.165, 1.54) is 83.5 Å². The first-order chi connectivity index (χ1) is 9.79. The molecule has 1 nitrogen and oxygen atoms in total. The smallest absolute Gasteiger partial charge is 0.0123 e. The van der Waals surface area contributed by atoms with Gasteiger partial charge in [0.1, 0.15) is 0 Å². The van der Waals surface area contributed by atoms with Crippen LogP contribution in [0.5, 0.6) is 0 Å². The van der Waals surface area contributed by atoms with Gasteiger partial charge in [-0.05, 0) is 37.6 Å². The van der Waals surface area contributed by atoms with Crippen LogP contribution in [-0.4, -0.2) is 12.6 Å². The predicted octanol–water partition coefficient (Wildman–Crippen LogP) is 6.08. The largest absolute Gasteiger partial charge is 0.314 e. The Morgan fingerprint density at radius 3 is 2.00 bits per heavy atom. The van der Waals surface area contributed by atoms with Crippen LogP contribution in [0.25, 0.3) is 0 Å². The summed E-state index contributed by atoms with van der Waals surface area (Å²) in [5.74, 6) is 0. The molecule has 1 saturated carbocycles. The molecule has 20 heavy (non-hydrogen) atoms. The molecule has 1 unspecified atom stereocenters. The van der Waals surface area contributed by atoms with Crippen molar-refractivity contribution in [2.45, 2.75) is 110 Å². The van der Waals surface area contributed by atoms with E-state index in [-0.39, 0.29) is 0 Å². The molecule has 0 heterocycles. The normalized spacial score (nSPS) is 19.4. The average Bonchev–Trinajstić information content (AvgIpc) is 2.95. The van der Waals surface area contributed by atoms with Gasteiger partial charge in [0.25, 0.3) is 0 Å². The summed E-state index contributed by atoms with van der Waals surface area (Å²) in [6.07, 6.45) is 18.7. The van der Waals surface area contributed by atoms with Crippen LogP contribution < -0.4 is 5.32 Å². The monoisotopic (exact) mass is 281 g/mol. The summed E-state index contributed by atoms with van der Waals surface area (Å²) < 4.78 is 0. The van der Waals surface area contributed by atoms with Crippen molar-refractivity contribution in [1.29, 1.82) is 0 Å². The van der Waals surface area contributed by atoms with Gasteiger partial charge in [-0.15, -0.1) is 0 Å². The van der Waals surface area contributed by atoms with Gasteiger partial charge in [0.05, 0.1) is 0 Å². The number of hydrogen-bond acceptors (Lipinski definition) is 1. The van der Waals surface area contributed by atoms with E-state index < -0.39 is 0 Å². The molecule has 0 bridgehead atoms. The Kier molecular flexibility index (Phi) is 9.59. The standard InChI is InChI=1S/C19H39N/c1-4-7-8-9-10-11-12-15-18(20-6-3)19(5-2)16-13-14-17-19/h18,20H,4-17H2,1-3H3. The molecule has 0 amide bonds. The van der Waals surface area contributed by atoms with Gasteiger partial charge < -0.3 is 5.32 Å². The van der Waals surface area contributed by atoms with Gasteiger partial charge in [-0.1, -0.05) is 78.6 Å². The molecule has 0 aromatic carbocycles. The zero-order chi connectivity index (χ0) is 14.7. The lowest BCUT2D eigenvalue weighted by Gasteiger charge is -2.38. The van der Waals surface area contributed by atoms with Crippen molar-refractivity contribution in [2.75, 3.05) is 6.54 Å². The van der Waals surface area contributed by atoms with E-state index in [2.05, 4.69) is 26.1 Å². The molecule has 0 radical (unpaired) electrons. The molecule has 0 aliphatic heterocycles. The fraction of sp³-hybridized carbons (Fsp3) is 1.00. The van der Waals surface area contributed by atoms with Crippen molar-refractivity contribution in [3.05, 3.63) is 0 Å². The third-order valence-electron chi connectivity index (χ3n) is 5.59.